The highest BCUT2D eigenvalue weighted by atomic mass is 32.1. The number of hydrogen-bond donors (Lipinski definition) is 3. The predicted octanol–water partition coefficient (Wildman–Crippen LogP) is 1.46. The van der Waals surface area contributed by atoms with E-state index >= 15 is 0 Å². The van der Waals surface area contributed by atoms with Gasteiger partial charge < -0.3 is 21.3 Å². The number of guanidine groups is 1. The minimum atomic E-state index is -0.231. The van der Waals surface area contributed by atoms with Gasteiger partial charge in [0.25, 0.3) is 0 Å². The van der Waals surface area contributed by atoms with Crippen molar-refractivity contribution < 1.29 is 4.79 Å². The summed E-state index contributed by atoms with van der Waals surface area (Å²) in [7, 11) is 1.76. The molecule has 1 fully saturated rings. The van der Waals surface area contributed by atoms with Gasteiger partial charge in [0.2, 0.25) is 5.91 Å². The Hall–Kier alpha value is -2.68. The number of carbonyl (C=O) groups is 1. The molecular weight excluding hydrogens is 386 g/mol. The fourth-order valence-electron chi connectivity index (χ4n) is 3.46. The van der Waals surface area contributed by atoms with Crippen molar-refractivity contribution in [2.24, 2.45) is 16.6 Å². The highest BCUT2D eigenvalue weighted by molar-refractivity contribution is 7.11. The molecule has 1 unspecified atom stereocenters. The molecule has 2 aromatic rings. The maximum atomic E-state index is 11.6. The topological polar surface area (TPSA) is 109 Å². The molecule has 1 amide bonds. The number of aromatic nitrogens is 2. The van der Waals surface area contributed by atoms with E-state index in [0.29, 0.717) is 13.1 Å². The van der Waals surface area contributed by atoms with Crippen LogP contribution in [0.5, 0.6) is 0 Å². The van der Waals surface area contributed by atoms with Crippen LogP contribution in [0.15, 0.2) is 29.5 Å². The Kier molecular flexibility index (Phi) is 7.40. The highest BCUT2D eigenvalue weighted by Crippen LogP contribution is 2.24. The van der Waals surface area contributed by atoms with Gasteiger partial charge in [-0.05, 0) is 25.8 Å². The average Bonchev–Trinajstić information content (AvgIpc) is 3.15. The van der Waals surface area contributed by atoms with E-state index in [0.717, 1.165) is 54.7 Å². The standard InChI is InChI=1S/C20H29N7OS/c1-14-11-25-17(29-14)7-9-24-20(22-2)26-12-15-5-3-8-23-19(15)27-10-4-6-16(13-27)18(21)28/h3,5,8,11,16H,4,6-7,9-10,12-13H2,1-2H3,(H2,21,28)(H2,22,24,26). The van der Waals surface area contributed by atoms with Crippen LogP contribution >= 0.6 is 11.3 Å². The maximum absolute atomic E-state index is 11.6. The number of thiazole rings is 1. The number of nitrogens with one attached hydrogen (secondary N) is 2. The SMILES string of the molecule is CN=C(NCCc1ncc(C)s1)NCc1cccnc1N1CCCC(C(N)=O)C1. The molecule has 1 aliphatic rings. The third kappa shape index (κ3) is 5.90. The van der Waals surface area contributed by atoms with Gasteiger partial charge in [-0.3, -0.25) is 9.79 Å². The first-order valence-electron chi connectivity index (χ1n) is 9.90. The van der Waals surface area contributed by atoms with Crippen molar-refractivity contribution in [1.29, 1.82) is 0 Å². The molecule has 0 bridgehead atoms. The number of aliphatic imine (C=N–C) groups is 1. The Labute approximate surface area is 175 Å². The molecule has 0 saturated carbocycles. The van der Waals surface area contributed by atoms with Gasteiger partial charge in [-0.2, -0.15) is 0 Å². The molecule has 4 N–H and O–H groups in total. The van der Waals surface area contributed by atoms with Gasteiger partial charge in [0.15, 0.2) is 5.96 Å². The van der Waals surface area contributed by atoms with E-state index in [1.165, 1.54) is 4.88 Å². The lowest BCUT2D eigenvalue weighted by atomic mass is 9.97. The second-order valence-corrected chi connectivity index (χ2v) is 8.46. The Morgan fingerprint density at radius 3 is 3.00 bits per heavy atom. The lowest BCUT2D eigenvalue weighted by Crippen LogP contribution is -2.42. The molecule has 1 atom stereocenters. The summed E-state index contributed by atoms with van der Waals surface area (Å²) >= 11 is 1.72. The van der Waals surface area contributed by atoms with E-state index in [9.17, 15) is 4.79 Å². The van der Waals surface area contributed by atoms with E-state index in [-0.39, 0.29) is 11.8 Å². The number of piperidine rings is 1. The van der Waals surface area contributed by atoms with Crippen LogP contribution < -0.4 is 21.3 Å². The minimum absolute atomic E-state index is 0.115. The summed E-state index contributed by atoms with van der Waals surface area (Å²) in [4.78, 5) is 28.3. The fraction of sp³-hybridized carbons (Fsp3) is 0.500. The number of hydrogen-bond acceptors (Lipinski definition) is 6. The van der Waals surface area contributed by atoms with Crippen LogP contribution in [-0.2, 0) is 17.8 Å². The van der Waals surface area contributed by atoms with Crippen molar-refractivity contribution in [2.45, 2.75) is 32.7 Å². The Morgan fingerprint density at radius 2 is 2.28 bits per heavy atom. The molecule has 1 aliphatic heterocycles. The second kappa shape index (κ2) is 10.2. The van der Waals surface area contributed by atoms with E-state index in [1.807, 2.05) is 12.3 Å². The zero-order valence-corrected chi connectivity index (χ0v) is 17.8. The molecule has 2 aromatic heterocycles. The van der Waals surface area contributed by atoms with Gasteiger partial charge in [-0.15, -0.1) is 11.3 Å². The molecule has 0 aliphatic carbocycles. The molecule has 29 heavy (non-hydrogen) atoms. The molecule has 156 valence electrons. The van der Waals surface area contributed by atoms with Crippen LogP contribution in [0.1, 0.15) is 28.3 Å². The summed E-state index contributed by atoms with van der Waals surface area (Å²) < 4.78 is 0. The Morgan fingerprint density at radius 1 is 1.41 bits per heavy atom. The number of nitrogens with two attached hydrogens (primary N) is 1. The van der Waals surface area contributed by atoms with Gasteiger partial charge in [0.1, 0.15) is 5.82 Å². The summed E-state index contributed by atoms with van der Waals surface area (Å²) in [6.07, 6.45) is 6.34. The van der Waals surface area contributed by atoms with Gasteiger partial charge >= 0.3 is 0 Å². The van der Waals surface area contributed by atoms with E-state index in [4.69, 9.17) is 5.73 Å². The molecule has 3 rings (SSSR count). The second-order valence-electron chi connectivity index (χ2n) is 7.14. The number of aryl methyl sites for hydroxylation is 1. The van der Waals surface area contributed by atoms with Crippen molar-refractivity contribution in [3.63, 3.8) is 0 Å². The third-order valence-corrected chi connectivity index (χ3v) is 5.93. The van der Waals surface area contributed by atoms with Gasteiger partial charge in [0, 0.05) is 62.5 Å². The van der Waals surface area contributed by atoms with Crippen LogP contribution in [0.4, 0.5) is 5.82 Å². The maximum Gasteiger partial charge on any atom is 0.222 e. The molecule has 8 nitrogen and oxygen atoms in total. The van der Waals surface area contributed by atoms with Crippen LogP contribution in [0.25, 0.3) is 0 Å². The summed E-state index contributed by atoms with van der Waals surface area (Å²) in [5.41, 5.74) is 6.59. The molecule has 9 heteroatoms. The summed E-state index contributed by atoms with van der Waals surface area (Å²) in [5.74, 6) is 1.29. The zero-order valence-electron chi connectivity index (χ0n) is 17.0. The first-order chi connectivity index (χ1) is 14.1. The predicted molar refractivity (Wildman–Crippen MR) is 117 cm³/mol. The van der Waals surface area contributed by atoms with Crippen LogP contribution in [0, 0.1) is 12.8 Å². The van der Waals surface area contributed by atoms with Crippen molar-refractivity contribution in [3.05, 3.63) is 40.0 Å². The molecule has 1 saturated heterocycles. The monoisotopic (exact) mass is 415 g/mol. The number of rotatable bonds is 7. The first-order valence-corrected chi connectivity index (χ1v) is 10.7. The minimum Gasteiger partial charge on any atom is -0.369 e. The van der Waals surface area contributed by atoms with Crippen molar-refractivity contribution in [2.75, 3.05) is 31.6 Å². The largest absolute Gasteiger partial charge is 0.369 e. The number of nitrogens with zero attached hydrogens (tertiary/aromatic N) is 4. The van der Waals surface area contributed by atoms with Crippen LogP contribution in [0.3, 0.4) is 0 Å². The zero-order chi connectivity index (χ0) is 20.6. The number of carbonyl (C=O) groups excluding carboxylic acids is 1. The van der Waals surface area contributed by atoms with Gasteiger partial charge in [-0.25, -0.2) is 9.97 Å². The number of anilines is 1. The fourth-order valence-corrected chi connectivity index (χ4v) is 4.25. The first kappa shape index (κ1) is 21.0. The lowest BCUT2D eigenvalue weighted by molar-refractivity contribution is -0.122. The average molecular weight is 416 g/mol. The van der Waals surface area contributed by atoms with Crippen LogP contribution in [-0.4, -0.2) is 48.5 Å². The summed E-state index contributed by atoms with van der Waals surface area (Å²) in [6, 6.07) is 3.98. The highest BCUT2D eigenvalue weighted by Gasteiger charge is 2.25. The molecule has 0 radical (unpaired) electrons. The third-order valence-electron chi connectivity index (χ3n) is 4.96. The van der Waals surface area contributed by atoms with Gasteiger partial charge in [-0.1, -0.05) is 6.07 Å². The normalized spacial score (nSPS) is 17.2. The number of primary amides is 1. The van der Waals surface area contributed by atoms with Crippen molar-refractivity contribution >= 4 is 29.0 Å². The van der Waals surface area contributed by atoms with Crippen molar-refractivity contribution in [1.82, 2.24) is 20.6 Å². The number of pyridine rings is 1. The lowest BCUT2D eigenvalue weighted by Gasteiger charge is -2.33. The van der Waals surface area contributed by atoms with Gasteiger partial charge in [0.05, 0.1) is 10.9 Å². The molecule has 0 spiro atoms. The molecule has 0 aromatic carbocycles. The number of amides is 1. The smallest absolute Gasteiger partial charge is 0.222 e. The van der Waals surface area contributed by atoms with E-state index in [1.54, 1.807) is 24.6 Å². The Bertz CT molecular complexity index is 851. The molecular formula is C20H29N7OS. The van der Waals surface area contributed by atoms with E-state index in [2.05, 4.69) is 43.5 Å². The Balaban J connectivity index is 1.56. The summed E-state index contributed by atoms with van der Waals surface area (Å²) in [6.45, 7) is 4.93. The van der Waals surface area contributed by atoms with Crippen molar-refractivity contribution in [3.8, 4) is 0 Å². The van der Waals surface area contributed by atoms with Crippen LogP contribution in [0.2, 0.25) is 0 Å². The summed E-state index contributed by atoms with van der Waals surface area (Å²) in [5, 5.41) is 7.80. The quantitative estimate of drug-likeness (QED) is 0.467. The van der Waals surface area contributed by atoms with E-state index < -0.39 is 0 Å². The molecule has 3 heterocycles.